The van der Waals surface area contributed by atoms with E-state index < -0.39 is 6.10 Å². The summed E-state index contributed by atoms with van der Waals surface area (Å²) in [4.78, 5) is 11.7. The van der Waals surface area contributed by atoms with Crippen molar-refractivity contribution in [1.82, 2.24) is 5.32 Å². The quantitative estimate of drug-likeness (QED) is 0.904. The molecule has 0 saturated carbocycles. The van der Waals surface area contributed by atoms with Crippen LogP contribution in [-0.2, 0) is 0 Å². The van der Waals surface area contributed by atoms with Crippen LogP contribution >= 0.6 is 11.6 Å². The number of hydrogen-bond acceptors (Lipinski definition) is 3. The number of rotatable bonds is 4. The molecule has 0 aliphatic heterocycles. The van der Waals surface area contributed by atoms with E-state index in [9.17, 15) is 9.90 Å². The molecule has 1 aromatic carbocycles. The Kier molecular flexibility index (Phi) is 4.24. The fraction of sp³-hybridized carbons (Fsp3) is 0.214. The highest BCUT2D eigenvalue weighted by Crippen LogP contribution is 2.17. The van der Waals surface area contributed by atoms with Crippen molar-refractivity contribution in [2.45, 2.75) is 13.0 Å². The molecule has 0 spiro atoms. The van der Waals surface area contributed by atoms with Crippen molar-refractivity contribution in [2.24, 2.45) is 0 Å². The topological polar surface area (TPSA) is 62.5 Å². The Morgan fingerprint density at radius 2 is 2.21 bits per heavy atom. The molecule has 2 aromatic rings. The van der Waals surface area contributed by atoms with Crippen LogP contribution in [0.15, 0.2) is 40.8 Å². The van der Waals surface area contributed by atoms with Crippen molar-refractivity contribution >= 4 is 17.5 Å². The maximum Gasteiger partial charge on any atom is 0.287 e. The average Bonchev–Trinajstić information content (AvgIpc) is 2.82. The summed E-state index contributed by atoms with van der Waals surface area (Å²) in [5.74, 6) is 0.547. The lowest BCUT2D eigenvalue weighted by Gasteiger charge is -2.11. The second-order valence-corrected chi connectivity index (χ2v) is 4.63. The first-order valence-corrected chi connectivity index (χ1v) is 6.22. The number of furan rings is 1. The van der Waals surface area contributed by atoms with Crippen molar-refractivity contribution in [3.05, 3.63) is 58.5 Å². The van der Waals surface area contributed by atoms with Crippen LogP contribution in [0.4, 0.5) is 0 Å². The number of halogens is 1. The van der Waals surface area contributed by atoms with E-state index >= 15 is 0 Å². The van der Waals surface area contributed by atoms with E-state index in [1.165, 1.54) is 0 Å². The van der Waals surface area contributed by atoms with Gasteiger partial charge in [0.25, 0.3) is 5.91 Å². The summed E-state index contributed by atoms with van der Waals surface area (Å²) in [5, 5.41) is 13.1. The van der Waals surface area contributed by atoms with Crippen LogP contribution in [0.3, 0.4) is 0 Å². The van der Waals surface area contributed by atoms with Gasteiger partial charge in [-0.3, -0.25) is 4.79 Å². The fourth-order valence-electron chi connectivity index (χ4n) is 1.66. The van der Waals surface area contributed by atoms with Crippen molar-refractivity contribution in [3.63, 3.8) is 0 Å². The van der Waals surface area contributed by atoms with Crippen molar-refractivity contribution in [3.8, 4) is 0 Å². The van der Waals surface area contributed by atoms with Gasteiger partial charge in [0, 0.05) is 11.6 Å². The first-order chi connectivity index (χ1) is 9.06. The minimum atomic E-state index is -0.807. The molecular weight excluding hydrogens is 266 g/mol. The van der Waals surface area contributed by atoms with Crippen LogP contribution in [0.1, 0.15) is 28.0 Å². The van der Waals surface area contributed by atoms with Crippen LogP contribution in [-0.4, -0.2) is 17.6 Å². The van der Waals surface area contributed by atoms with Gasteiger partial charge in [0.2, 0.25) is 0 Å². The number of carbonyl (C=O) groups excluding carboxylic acids is 1. The molecule has 19 heavy (non-hydrogen) atoms. The Bertz CT molecular complexity index is 580. The maximum absolute atomic E-state index is 11.7. The molecule has 100 valence electrons. The number of aliphatic hydroxyl groups is 1. The molecule has 1 aromatic heterocycles. The summed E-state index contributed by atoms with van der Waals surface area (Å²) in [7, 11) is 0. The fourth-order valence-corrected chi connectivity index (χ4v) is 1.86. The van der Waals surface area contributed by atoms with Crippen molar-refractivity contribution < 1.29 is 14.3 Å². The van der Waals surface area contributed by atoms with E-state index in [0.29, 0.717) is 16.3 Å². The Hall–Kier alpha value is -1.78. The van der Waals surface area contributed by atoms with E-state index in [4.69, 9.17) is 16.0 Å². The molecule has 0 radical (unpaired) electrons. The Morgan fingerprint density at radius 1 is 1.42 bits per heavy atom. The molecule has 0 aliphatic rings. The van der Waals surface area contributed by atoms with Gasteiger partial charge in [-0.15, -0.1) is 0 Å². The normalized spacial score (nSPS) is 12.2. The van der Waals surface area contributed by atoms with Gasteiger partial charge in [-0.2, -0.15) is 0 Å². The van der Waals surface area contributed by atoms with Gasteiger partial charge in [-0.25, -0.2) is 0 Å². The molecule has 5 heteroatoms. The molecule has 0 fully saturated rings. The Balaban J connectivity index is 1.93. The molecule has 2 N–H and O–H groups in total. The van der Waals surface area contributed by atoms with Gasteiger partial charge in [-0.05, 0) is 36.8 Å². The summed E-state index contributed by atoms with van der Waals surface area (Å²) >= 11 is 5.84. The van der Waals surface area contributed by atoms with Crippen LogP contribution in [0, 0.1) is 6.92 Å². The molecule has 4 nitrogen and oxygen atoms in total. The van der Waals surface area contributed by atoms with Crippen molar-refractivity contribution in [2.75, 3.05) is 6.54 Å². The highest BCUT2D eigenvalue weighted by Gasteiger charge is 2.13. The number of hydrogen-bond donors (Lipinski definition) is 2. The lowest BCUT2D eigenvalue weighted by Crippen LogP contribution is -2.28. The van der Waals surface area contributed by atoms with Crippen LogP contribution in [0.25, 0.3) is 0 Å². The highest BCUT2D eigenvalue weighted by molar-refractivity contribution is 6.30. The largest absolute Gasteiger partial charge is 0.456 e. The van der Waals surface area contributed by atoms with Gasteiger partial charge < -0.3 is 14.8 Å². The van der Waals surface area contributed by atoms with E-state index in [1.807, 2.05) is 0 Å². The lowest BCUT2D eigenvalue weighted by atomic mass is 10.1. The number of amides is 1. The number of nitrogens with one attached hydrogen (secondary N) is 1. The Labute approximate surface area is 116 Å². The average molecular weight is 280 g/mol. The summed E-state index contributed by atoms with van der Waals surface area (Å²) in [6.45, 7) is 1.86. The second-order valence-electron chi connectivity index (χ2n) is 4.19. The third kappa shape index (κ3) is 3.59. The van der Waals surface area contributed by atoms with E-state index in [1.54, 1.807) is 43.3 Å². The van der Waals surface area contributed by atoms with Gasteiger partial charge in [0.1, 0.15) is 5.76 Å². The van der Waals surface area contributed by atoms with Gasteiger partial charge in [-0.1, -0.05) is 23.7 Å². The molecule has 1 atom stereocenters. The zero-order chi connectivity index (χ0) is 13.8. The Morgan fingerprint density at radius 3 is 2.84 bits per heavy atom. The highest BCUT2D eigenvalue weighted by atomic mass is 35.5. The van der Waals surface area contributed by atoms with Gasteiger partial charge in [0.15, 0.2) is 5.76 Å². The standard InChI is InChI=1S/C14H14ClNO3/c1-9-5-6-13(19-9)14(18)16-8-12(17)10-3-2-4-11(15)7-10/h2-7,12,17H,8H2,1H3,(H,16,18). The van der Waals surface area contributed by atoms with E-state index in [-0.39, 0.29) is 18.2 Å². The summed E-state index contributed by atoms with van der Waals surface area (Å²) in [6, 6.07) is 10.2. The number of aryl methyl sites for hydroxylation is 1. The minimum absolute atomic E-state index is 0.0962. The smallest absolute Gasteiger partial charge is 0.287 e. The number of benzene rings is 1. The zero-order valence-electron chi connectivity index (χ0n) is 10.4. The predicted molar refractivity (Wildman–Crippen MR) is 72.2 cm³/mol. The molecule has 2 rings (SSSR count). The van der Waals surface area contributed by atoms with Gasteiger partial charge in [0.05, 0.1) is 6.10 Å². The SMILES string of the molecule is Cc1ccc(C(=O)NCC(O)c2cccc(Cl)c2)o1. The third-order valence-corrected chi connectivity index (χ3v) is 2.89. The predicted octanol–water partition coefficient (Wildman–Crippen LogP) is 2.70. The molecule has 1 heterocycles. The second kappa shape index (κ2) is 5.91. The van der Waals surface area contributed by atoms with Crippen LogP contribution in [0.2, 0.25) is 5.02 Å². The maximum atomic E-state index is 11.7. The number of aliphatic hydroxyl groups excluding tert-OH is 1. The van der Waals surface area contributed by atoms with Crippen molar-refractivity contribution in [1.29, 1.82) is 0 Å². The molecule has 0 saturated heterocycles. The van der Waals surface area contributed by atoms with Gasteiger partial charge >= 0.3 is 0 Å². The summed E-state index contributed by atoms with van der Waals surface area (Å²) < 4.78 is 5.19. The summed E-state index contributed by atoms with van der Waals surface area (Å²) in [5.41, 5.74) is 0.656. The van der Waals surface area contributed by atoms with E-state index in [0.717, 1.165) is 0 Å². The van der Waals surface area contributed by atoms with Crippen LogP contribution < -0.4 is 5.32 Å². The molecular formula is C14H14ClNO3. The minimum Gasteiger partial charge on any atom is -0.456 e. The molecule has 0 bridgehead atoms. The number of carbonyl (C=O) groups is 1. The first kappa shape index (κ1) is 13.6. The van der Waals surface area contributed by atoms with E-state index in [2.05, 4.69) is 5.32 Å². The molecule has 1 unspecified atom stereocenters. The molecule has 0 aliphatic carbocycles. The lowest BCUT2D eigenvalue weighted by molar-refractivity contribution is 0.0888. The van der Waals surface area contributed by atoms with Crippen LogP contribution in [0.5, 0.6) is 0 Å². The summed E-state index contributed by atoms with van der Waals surface area (Å²) in [6.07, 6.45) is -0.807. The monoisotopic (exact) mass is 279 g/mol. The third-order valence-electron chi connectivity index (χ3n) is 2.65. The zero-order valence-corrected chi connectivity index (χ0v) is 11.1. The first-order valence-electron chi connectivity index (χ1n) is 5.84. The molecule has 1 amide bonds.